The summed E-state index contributed by atoms with van der Waals surface area (Å²) in [5.41, 5.74) is -2.23. The highest BCUT2D eigenvalue weighted by molar-refractivity contribution is 5.76. The van der Waals surface area contributed by atoms with Gasteiger partial charge in [0.2, 0.25) is 0 Å². The van der Waals surface area contributed by atoms with Gasteiger partial charge in [0.05, 0.1) is 22.3 Å². The minimum absolute atomic E-state index is 0.0428. The smallest absolute Gasteiger partial charge is 0.311 e. The van der Waals surface area contributed by atoms with E-state index in [-0.39, 0.29) is 19.1 Å². The van der Waals surface area contributed by atoms with Gasteiger partial charge in [-0.2, -0.15) is 0 Å². The lowest BCUT2D eigenvalue weighted by atomic mass is 9.91. The molecule has 0 aromatic rings. The second-order valence-corrected chi connectivity index (χ2v) is 12.1. The lowest BCUT2D eigenvalue weighted by Gasteiger charge is -2.46. The van der Waals surface area contributed by atoms with Gasteiger partial charge in [0.1, 0.15) is 24.9 Å². The molecule has 0 saturated carbocycles. The molecule has 8 nitrogen and oxygen atoms in total. The Morgan fingerprint density at radius 3 is 1.79 bits per heavy atom. The Bertz CT molecular complexity index is 684. The lowest BCUT2D eigenvalue weighted by molar-refractivity contribution is -0.205. The van der Waals surface area contributed by atoms with Crippen LogP contribution in [0.1, 0.15) is 82.1 Å². The van der Waals surface area contributed by atoms with E-state index in [2.05, 4.69) is 6.92 Å². The van der Waals surface area contributed by atoms with Crippen LogP contribution in [0.15, 0.2) is 0 Å². The fourth-order valence-electron chi connectivity index (χ4n) is 3.19. The summed E-state index contributed by atoms with van der Waals surface area (Å²) in [5, 5.41) is 11.2. The summed E-state index contributed by atoms with van der Waals surface area (Å²) in [6.07, 6.45) is -1.38. The molecule has 1 fully saturated rings. The molecule has 1 aliphatic rings. The Kier molecular flexibility index (Phi) is 9.94. The summed E-state index contributed by atoms with van der Waals surface area (Å²) in [6.45, 7) is 18.6. The first-order valence-corrected chi connectivity index (χ1v) is 11.9. The molecule has 0 aromatic heterocycles. The molecule has 0 bridgehead atoms. The number of unbranched alkanes of at least 4 members (excludes halogenated alkanes) is 1. The van der Waals surface area contributed by atoms with Crippen molar-refractivity contribution in [2.24, 2.45) is 16.2 Å². The SMILES string of the molecule is CCCCN1C[C@H](OC(=O)C(C)(C)C)[C@@H](O)[C@H](OC(=O)C(C)(C)C)[C@H]1COC(=O)C(C)(C)C. The largest absolute Gasteiger partial charge is 0.463 e. The van der Waals surface area contributed by atoms with Gasteiger partial charge in [-0.25, -0.2) is 0 Å². The van der Waals surface area contributed by atoms with Crippen LogP contribution in [0.2, 0.25) is 0 Å². The molecular weight excluding hydrogens is 426 g/mol. The Hall–Kier alpha value is -1.67. The van der Waals surface area contributed by atoms with E-state index in [9.17, 15) is 19.5 Å². The van der Waals surface area contributed by atoms with Crippen molar-refractivity contribution in [3.8, 4) is 0 Å². The highest BCUT2D eigenvalue weighted by Gasteiger charge is 2.49. The van der Waals surface area contributed by atoms with E-state index >= 15 is 0 Å². The van der Waals surface area contributed by atoms with Gasteiger partial charge in [0.15, 0.2) is 0 Å². The molecule has 0 unspecified atom stereocenters. The van der Waals surface area contributed by atoms with Crippen molar-refractivity contribution in [2.75, 3.05) is 19.7 Å². The Morgan fingerprint density at radius 1 is 0.848 bits per heavy atom. The minimum atomic E-state index is -1.25. The van der Waals surface area contributed by atoms with E-state index in [1.807, 2.05) is 4.90 Å². The summed E-state index contributed by atoms with van der Waals surface area (Å²) in [6, 6.07) is -0.561. The second-order valence-electron chi connectivity index (χ2n) is 12.1. The molecule has 8 heteroatoms. The van der Waals surface area contributed by atoms with Crippen LogP contribution in [-0.4, -0.2) is 72.0 Å². The van der Waals surface area contributed by atoms with E-state index in [0.717, 1.165) is 12.8 Å². The van der Waals surface area contributed by atoms with Crippen LogP contribution in [0.3, 0.4) is 0 Å². The van der Waals surface area contributed by atoms with E-state index in [4.69, 9.17) is 14.2 Å². The van der Waals surface area contributed by atoms with Crippen molar-refractivity contribution < 1.29 is 33.7 Å². The predicted molar refractivity (Wildman–Crippen MR) is 125 cm³/mol. The first-order chi connectivity index (χ1) is 14.9. The zero-order valence-corrected chi connectivity index (χ0v) is 22.2. The molecule has 4 atom stereocenters. The van der Waals surface area contributed by atoms with E-state index in [0.29, 0.717) is 6.54 Å². The van der Waals surface area contributed by atoms with Crippen molar-refractivity contribution in [3.05, 3.63) is 0 Å². The third-order valence-corrected chi connectivity index (χ3v) is 5.50. The zero-order chi connectivity index (χ0) is 25.8. The maximum absolute atomic E-state index is 12.8. The number of esters is 3. The minimum Gasteiger partial charge on any atom is -0.463 e. The summed E-state index contributed by atoms with van der Waals surface area (Å²) in [4.78, 5) is 39.8. The van der Waals surface area contributed by atoms with Gasteiger partial charge in [-0.3, -0.25) is 19.3 Å². The first kappa shape index (κ1) is 29.4. The number of carbonyl (C=O) groups excluding carboxylic acids is 3. The average Bonchev–Trinajstić information content (AvgIpc) is 2.66. The van der Waals surface area contributed by atoms with E-state index in [1.165, 1.54) is 0 Å². The standard InChI is InChI=1S/C25H45NO7/c1-11-12-13-26-14-17(32-21(29)24(5,6)7)18(27)19(33-22(30)25(8,9)10)16(26)15-31-20(28)23(2,3)4/h16-19,27H,11-15H2,1-10H3/t16-,17+,18-,19-/m1/s1. The van der Waals surface area contributed by atoms with Gasteiger partial charge in [-0.05, 0) is 75.3 Å². The number of likely N-dealkylation sites (tertiary alicyclic amines) is 1. The molecule has 1 saturated heterocycles. The highest BCUT2D eigenvalue weighted by Crippen LogP contribution is 2.29. The molecule has 0 aliphatic carbocycles. The Labute approximate surface area is 199 Å². The van der Waals surface area contributed by atoms with Crippen LogP contribution in [0.4, 0.5) is 0 Å². The number of rotatable bonds is 7. The molecule has 1 heterocycles. The molecule has 192 valence electrons. The summed E-state index contributed by atoms with van der Waals surface area (Å²) < 4.78 is 17.0. The molecule has 33 heavy (non-hydrogen) atoms. The van der Waals surface area contributed by atoms with Crippen molar-refractivity contribution in [3.63, 3.8) is 0 Å². The normalized spacial score (nSPS) is 24.8. The van der Waals surface area contributed by atoms with Crippen molar-refractivity contribution in [2.45, 2.75) is 106 Å². The number of aliphatic hydroxyl groups is 1. The van der Waals surface area contributed by atoms with Crippen LogP contribution in [0, 0.1) is 16.2 Å². The van der Waals surface area contributed by atoms with Crippen LogP contribution in [0.25, 0.3) is 0 Å². The molecule has 0 radical (unpaired) electrons. The van der Waals surface area contributed by atoms with Crippen molar-refractivity contribution in [1.82, 2.24) is 4.90 Å². The van der Waals surface area contributed by atoms with Gasteiger partial charge in [-0.15, -0.1) is 0 Å². The molecule has 0 aromatic carbocycles. The zero-order valence-electron chi connectivity index (χ0n) is 22.2. The second kappa shape index (κ2) is 11.2. The van der Waals surface area contributed by atoms with Crippen LogP contribution in [0.5, 0.6) is 0 Å². The molecule has 1 aliphatic heterocycles. The topological polar surface area (TPSA) is 102 Å². The number of piperidine rings is 1. The molecule has 0 amide bonds. The molecule has 1 rings (SSSR count). The quantitative estimate of drug-likeness (QED) is 0.446. The maximum atomic E-state index is 12.8. The van der Waals surface area contributed by atoms with E-state index in [1.54, 1.807) is 62.3 Å². The fourth-order valence-corrected chi connectivity index (χ4v) is 3.19. The summed E-state index contributed by atoms with van der Waals surface area (Å²) in [5.74, 6) is -1.31. The molecular formula is C25H45NO7. The fraction of sp³-hybridized carbons (Fsp3) is 0.880. The van der Waals surface area contributed by atoms with Gasteiger partial charge in [0, 0.05) is 6.54 Å². The third kappa shape index (κ3) is 8.56. The summed E-state index contributed by atoms with van der Waals surface area (Å²) >= 11 is 0. The number of hydrogen-bond donors (Lipinski definition) is 1. The Balaban J connectivity index is 3.28. The summed E-state index contributed by atoms with van der Waals surface area (Å²) in [7, 11) is 0. The Morgan fingerprint density at radius 2 is 1.33 bits per heavy atom. The van der Waals surface area contributed by atoms with Crippen molar-refractivity contribution in [1.29, 1.82) is 0 Å². The predicted octanol–water partition coefficient (Wildman–Crippen LogP) is 3.34. The van der Waals surface area contributed by atoms with Gasteiger partial charge in [0.25, 0.3) is 0 Å². The highest BCUT2D eigenvalue weighted by atomic mass is 16.6. The number of hydrogen-bond acceptors (Lipinski definition) is 8. The number of aliphatic hydroxyl groups excluding tert-OH is 1. The number of ether oxygens (including phenoxy) is 3. The van der Waals surface area contributed by atoms with Gasteiger partial charge >= 0.3 is 17.9 Å². The van der Waals surface area contributed by atoms with Gasteiger partial charge in [-0.1, -0.05) is 13.3 Å². The van der Waals surface area contributed by atoms with Gasteiger partial charge < -0.3 is 19.3 Å². The van der Waals surface area contributed by atoms with Crippen LogP contribution < -0.4 is 0 Å². The monoisotopic (exact) mass is 471 g/mol. The van der Waals surface area contributed by atoms with Crippen LogP contribution in [-0.2, 0) is 28.6 Å². The van der Waals surface area contributed by atoms with Crippen molar-refractivity contribution >= 4 is 17.9 Å². The number of nitrogens with zero attached hydrogens (tertiary/aromatic N) is 1. The number of carbonyl (C=O) groups is 3. The third-order valence-electron chi connectivity index (χ3n) is 5.50. The molecule has 0 spiro atoms. The van der Waals surface area contributed by atoms with Crippen LogP contribution >= 0.6 is 0 Å². The first-order valence-electron chi connectivity index (χ1n) is 11.9. The maximum Gasteiger partial charge on any atom is 0.311 e. The molecule has 1 N–H and O–H groups in total. The van der Waals surface area contributed by atoms with E-state index < -0.39 is 52.5 Å². The lowest BCUT2D eigenvalue weighted by Crippen LogP contribution is -2.65. The average molecular weight is 472 g/mol.